The lowest BCUT2D eigenvalue weighted by molar-refractivity contribution is -0.119. The number of carbonyl (C=O) groups excluding carboxylic acids is 1. The Kier molecular flexibility index (Phi) is 4.28. The quantitative estimate of drug-likeness (QED) is 0.773. The summed E-state index contributed by atoms with van der Waals surface area (Å²) in [5.41, 5.74) is 6.30. The number of carbonyl (C=O) groups is 1. The van der Waals surface area contributed by atoms with Crippen molar-refractivity contribution in [2.75, 3.05) is 11.1 Å². The highest BCUT2D eigenvalue weighted by molar-refractivity contribution is 5.95. The van der Waals surface area contributed by atoms with Crippen molar-refractivity contribution in [2.45, 2.75) is 26.7 Å². The SMILES string of the molecule is CCC[C@H](C)C(=O)Nc1ccc(F)cc1N. The zero-order chi connectivity index (χ0) is 12.1. The number of benzene rings is 1. The average molecular weight is 224 g/mol. The van der Waals surface area contributed by atoms with Crippen LogP contribution in [0.2, 0.25) is 0 Å². The molecular formula is C12H17FN2O. The highest BCUT2D eigenvalue weighted by atomic mass is 19.1. The number of rotatable bonds is 4. The van der Waals surface area contributed by atoms with E-state index in [1.807, 2.05) is 13.8 Å². The molecule has 1 aromatic carbocycles. The van der Waals surface area contributed by atoms with Gasteiger partial charge in [-0.15, -0.1) is 0 Å². The van der Waals surface area contributed by atoms with Crippen LogP contribution in [0.1, 0.15) is 26.7 Å². The van der Waals surface area contributed by atoms with Crippen molar-refractivity contribution < 1.29 is 9.18 Å². The van der Waals surface area contributed by atoms with Crippen LogP contribution in [0.5, 0.6) is 0 Å². The van der Waals surface area contributed by atoms with Crippen molar-refractivity contribution in [1.82, 2.24) is 0 Å². The molecule has 88 valence electrons. The van der Waals surface area contributed by atoms with Gasteiger partial charge in [0.05, 0.1) is 11.4 Å². The number of halogens is 1. The summed E-state index contributed by atoms with van der Waals surface area (Å²) in [5, 5.41) is 2.69. The lowest BCUT2D eigenvalue weighted by Crippen LogP contribution is -2.20. The van der Waals surface area contributed by atoms with Gasteiger partial charge in [0.25, 0.3) is 0 Å². The third kappa shape index (κ3) is 3.22. The maximum absolute atomic E-state index is 12.8. The van der Waals surface area contributed by atoms with Crippen LogP contribution in [-0.4, -0.2) is 5.91 Å². The van der Waals surface area contributed by atoms with E-state index in [2.05, 4.69) is 5.32 Å². The van der Waals surface area contributed by atoms with Gasteiger partial charge in [-0.1, -0.05) is 20.3 Å². The smallest absolute Gasteiger partial charge is 0.227 e. The molecule has 0 aliphatic rings. The van der Waals surface area contributed by atoms with Gasteiger partial charge in [-0.25, -0.2) is 4.39 Å². The second-order valence-corrected chi connectivity index (χ2v) is 3.91. The molecule has 1 rings (SSSR count). The molecule has 0 heterocycles. The second-order valence-electron chi connectivity index (χ2n) is 3.91. The summed E-state index contributed by atoms with van der Waals surface area (Å²) in [5.74, 6) is -0.549. The normalized spacial score (nSPS) is 12.2. The third-order valence-corrected chi connectivity index (χ3v) is 2.44. The van der Waals surface area contributed by atoms with Crippen molar-refractivity contribution in [1.29, 1.82) is 0 Å². The van der Waals surface area contributed by atoms with Crippen LogP contribution in [0.15, 0.2) is 18.2 Å². The minimum Gasteiger partial charge on any atom is -0.397 e. The Morgan fingerprint density at radius 2 is 2.25 bits per heavy atom. The lowest BCUT2D eigenvalue weighted by Gasteiger charge is -2.12. The van der Waals surface area contributed by atoms with E-state index in [9.17, 15) is 9.18 Å². The van der Waals surface area contributed by atoms with Gasteiger partial charge < -0.3 is 11.1 Å². The van der Waals surface area contributed by atoms with E-state index in [-0.39, 0.29) is 17.5 Å². The van der Waals surface area contributed by atoms with Gasteiger partial charge in [0, 0.05) is 5.92 Å². The molecule has 3 nitrogen and oxygen atoms in total. The summed E-state index contributed by atoms with van der Waals surface area (Å²) in [6.07, 6.45) is 1.78. The van der Waals surface area contributed by atoms with Crippen molar-refractivity contribution in [3.8, 4) is 0 Å². The van der Waals surface area contributed by atoms with Crippen LogP contribution in [-0.2, 0) is 4.79 Å². The van der Waals surface area contributed by atoms with E-state index in [1.54, 1.807) is 0 Å². The first-order valence-corrected chi connectivity index (χ1v) is 5.40. The summed E-state index contributed by atoms with van der Waals surface area (Å²) in [6, 6.07) is 3.94. The molecule has 1 amide bonds. The summed E-state index contributed by atoms with van der Waals surface area (Å²) in [7, 11) is 0. The molecule has 16 heavy (non-hydrogen) atoms. The van der Waals surface area contributed by atoms with Crippen molar-refractivity contribution in [2.24, 2.45) is 5.92 Å². The first-order valence-electron chi connectivity index (χ1n) is 5.40. The zero-order valence-electron chi connectivity index (χ0n) is 9.59. The van der Waals surface area contributed by atoms with Crippen molar-refractivity contribution in [3.05, 3.63) is 24.0 Å². The molecule has 1 atom stereocenters. The maximum atomic E-state index is 12.8. The molecule has 0 bridgehead atoms. The van der Waals surface area contributed by atoms with Gasteiger partial charge in [0.2, 0.25) is 5.91 Å². The van der Waals surface area contributed by atoms with Gasteiger partial charge in [-0.3, -0.25) is 4.79 Å². The number of nitrogen functional groups attached to an aromatic ring is 1. The molecule has 0 saturated carbocycles. The van der Waals surface area contributed by atoms with Gasteiger partial charge >= 0.3 is 0 Å². The van der Waals surface area contributed by atoms with Gasteiger partial charge in [-0.2, -0.15) is 0 Å². The Morgan fingerprint density at radius 1 is 1.56 bits per heavy atom. The molecule has 0 fully saturated rings. The van der Waals surface area contributed by atoms with Crippen LogP contribution in [0.3, 0.4) is 0 Å². The average Bonchev–Trinajstić information content (AvgIpc) is 2.22. The summed E-state index contributed by atoms with van der Waals surface area (Å²) in [4.78, 5) is 11.7. The molecule has 0 spiro atoms. The van der Waals surface area contributed by atoms with E-state index in [1.165, 1.54) is 18.2 Å². The Labute approximate surface area is 94.8 Å². The second kappa shape index (κ2) is 5.49. The molecule has 0 radical (unpaired) electrons. The van der Waals surface area contributed by atoms with Gasteiger partial charge in [0.1, 0.15) is 5.82 Å². The number of amides is 1. The lowest BCUT2D eigenvalue weighted by atomic mass is 10.1. The predicted octanol–water partition coefficient (Wildman–Crippen LogP) is 2.78. The largest absolute Gasteiger partial charge is 0.397 e. The molecule has 0 unspecified atom stereocenters. The fourth-order valence-electron chi connectivity index (χ4n) is 1.47. The van der Waals surface area contributed by atoms with Crippen molar-refractivity contribution in [3.63, 3.8) is 0 Å². The molecule has 1 aromatic rings. The zero-order valence-corrected chi connectivity index (χ0v) is 9.59. The summed E-state index contributed by atoms with van der Waals surface area (Å²) in [6.45, 7) is 3.88. The van der Waals surface area contributed by atoms with Gasteiger partial charge in [-0.05, 0) is 24.6 Å². The van der Waals surface area contributed by atoms with Crippen LogP contribution in [0.4, 0.5) is 15.8 Å². The topological polar surface area (TPSA) is 55.1 Å². The fourth-order valence-corrected chi connectivity index (χ4v) is 1.47. The third-order valence-electron chi connectivity index (χ3n) is 2.44. The van der Waals surface area contributed by atoms with Gasteiger partial charge in [0.15, 0.2) is 0 Å². The first-order chi connectivity index (χ1) is 7.54. The standard InChI is InChI=1S/C12H17FN2O/c1-3-4-8(2)12(16)15-11-6-5-9(13)7-10(11)14/h5-8H,3-4,14H2,1-2H3,(H,15,16)/t8-/m0/s1. The van der Waals surface area contributed by atoms with E-state index in [4.69, 9.17) is 5.73 Å². The number of anilines is 2. The summed E-state index contributed by atoms with van der Waals surface area (Å²) >= 11 is 0. The number of nitrogens with two attached hydrogens (primary N) is 1. The monoisotopic (exact) mass is 224 g/mol. The van der Waals surface area contributed by atoms with Crippen LogP contribution in [0, 0.1) is 11.7 Å². The predicted molar refractivity (Wildman–Crippen MR) is 63.5 cm³/mol. The van der Waals surface area contributed by atoms with Crippen molar-refractivity contribution >= 4 is 17.3 Å². The Morgan fingerprint density at radius 3 is 2.81 bits per heavy atom. The maximum Gasteiger partial charge on any atom is 0.227 e. The highest BCUT2D eigenvalue weighted by Gasteiger charge is 2.13. The number of hydrogen-bond donors (Lipinski definition) is 2. The highest BCUT2D eigenvalue weighted by Crippen LogP contribution is 2.20. The van der Waals surface area contributed by atoms with E-state index in [0.717, 1.165) is 12.8 Å². The van der Waals surface area contributed by atoms with Crippen LogP contribution < -0.4 is 11.1 Å². The molecule has 0 saturated heterocycles. The van der Waals surface area contributed by atoms with Crippen LogP contribution >= 0.6 is 0 Å². The van der Waals surface area contributed by atoms with Crippen LogP contribution in [0.25, 0.3) is 0 Å². The molecule has 0 aromatic heterocycles. The van der Waals surface area contributed by atoms with E-state index in [0.29, 0.717) is 5.69 Å². The first kappa shape index (κ1) is 12.5. The molecule has 0 aliphatic heterocycles. The van der Waals surface area contributed by atoms with E-state index >= 15 is 0 Å². The van der Waals surface area contributed by atoms with E-state index < -0.39 is 5.82 Å². The Balaban J connectivity index is 2.69. The molecule has 0 aliphatic carbocycles. The Hall–Kier alpha value is -1.58. The molecular weight excluding hydrogens is 207 g/mol. The number of hydrogen-bond acceptors (Lipinski definition) is 2. The molecule has 4 heteroatoms. The number of nitrogens with one attached hydrogen (secondary N) is 1. The molecule has 3 N–H and O–H groups in total. The minimum absolute atomic E-state index is 0.0607. The summed E-state index contributed by atoms with van der Waals surface area (Å²) < 4.78 is 12.8. The Bertz CT molecular complexity index is 379. The fraction of sp³-hybridized carbons (Fsp3) is 0.417. The minimum atomic E-state index is -0.405.